The summed E-state index contributed by atoms with van der Waals surface area (Å²) in [6.07, 6.45) is -5.00. The van der Waals surface area contributed by atoms with Crippen LogP contribution < -0.4 is 0 Å². The maximum atomic E-state index is 13.6. The van der Waals surface area contributed by atoms with Gasteiger partial charge in [0.1, 0.15) is 0 Å². The maximum absolute atomic E-state index is 13.6. The Bertz CT molecular complexity index is 640. The minimum Gasteiger partial charge on any atom is -0.467 e. The Balaban J connectivity index is 2.67. The van der Waals surface area contributed by atoms with Crippen molar-refractivity contribution < 1.29 is 32.6 Å². The fourth-order valence-electron chi connectivity index (χ4n) is 3.15. The van der Waals surface area contributed by atoms with E-state index in [1.54, 1.807) is 12.1 Å². The Morgan fingerprint density at radius 1 is 1.30 bits per heavy atom. The zero-order valence-electron chi connectivity index (χ0n) is 12.7. The van der Waals surface area contributed by atoms with Gasteiger partial charge in [0.25, 0.3) is 5.60 Å². The van der Waals surface area contributed by atoms with Crippen LogP contribution in [0.15, 0.2) is 24.3 Å². The molecule has 7 heteroatoms. The van der Waals surface area contributed by atoms with E-state index in [0.717, 1.165) is 14.0 Å². The van der Waals surface area contributed by atoms with Gasteiger partial charge in [-0.25, -0.2) is 4.79 Å². The van der Waals surface area contributed by atoms with Gasteiger partial charge < -0.3 is 9.84 Å². The molecule has 1 N–H and O–H groups in total. The number of benzene rings is 1. The SMILES string of the molecule is COC(=O)C(O)(C(F)(F)F)C1(C)CCCc2ccccc2C1=O. The number of halogens is 3. The van der Waals surface area contributed by atoms with E-state index in [1.807, 2.05) is 0 Å². The van der Waals surface area contributed by atoms with Gasteiger partial charge in [-0.1, -0.05) is 24.3 Å². The van der Waals surface area contributed by atoms with Gasteiger partial charge in [0.15, 0.2) is 5.78 Å². The Morgan fingerprint density at radius 3 is 2.48 bits per heavy atom. The molecule has 1 aromatic carbocycles. The van der Waals surface area contributed by atoms with E-state index in [4.69, 9.17) is 0 Å². The maximum Gasteiger partial charge on any atom is 0.429 e. The van der Waals surface area contributed by atoms with E-state index in [0.29, 0.717) is 12.0 Å². The molecule has 0 bridgehead atoms. The van der Waals surface area contributed by atoms with Crippen LogP contribution >= 0.6 is 0 Å². The third-order valence-corrected chi connectivity index (χ3v) is 4.58. The highest BCUT2D eigenvalue weighted by Crippen LogP contribution is 2.50. The van der Waals surface area contributed by atoms with Crippen molar-refractivity contribution >= 4 is 11.8 Å². The van der Waals surface area contributed by atoms with Crippen LogP contribution in [-0.4, -0.2) is 35.7 Å². The number of carbonyl (C=O) groups excluding carboxylic acids is 2. The van der Waals surface area contributed by atoms with Gasteiger partial charge in [-0.2, -0.15) is 13.2 Å². The number of aliphatic hydroxyl groups is 1. The molecule has 0 saturated carbocycles. The highest BCUT2D eigenvalue weighted by Gasteiger charge is 2.72. The molecule has 1 aliphatic carbocycles. The largest absolute Gasteiger partial charge is 0.467 e. The van der Waals surface area contributed by atoms with Crippen molar-refractivity contribution in [2.24, 2.45) is 5.41 Å². The standard InChI is InChI=1S/C16H17F3O4/c1-14(15(22,13(21)23-2)16(17,18)19)9-5-7-10-6-3-4-8-11(10)12(14)20/h3-4,6,8,22H,5,7,9H2,1-2H3. The molecule has 0 fully saturated rings. The number of alkyl halides is 3. The van der Waals surface area contributed by atoms with Crippen molar-refractivity contribution in [1.82, 2.24) is 0 Å². The summed E-state index contributed by atoms with van der Waals surface area (Å²) in [5.41, 5.74) is -5.55. The first kappa shape index (κ1) is 17.5. The summed E-state index contributed by atoms with van der Waals surface area (Å²) in [5.74, 6) is -2.78. The summed E-state index contributed by atoms with van der Waals surface area (Å²) in [6, 6.07) is 6.29. The molecule has 1 aliphatic rings. The second-order valence-electron chi connectivity index (χ2n) is 5.87. The van der Waals surface area contributed by atoms with Crippen LogP contribution in [0.25, 0.3) is 0 Å². The lowest BCUT2D eigenvalue weighted by Gasteiger charge is -2.41. The van der Waals surface area contributed by atoms with Gasteiger partial charge in [0.2, 0.25) is 0 Å². The fourth-order valence-corrected chi connectivity index (χ4v) is 3.15. The lowest BCUT2D eigenvalue weighted by molar-refractivity contribution is -0.287. The lowest BCUT2D eigenvalue weighted by Crippen LogP contribution is -2.65. The summed E-state index contributed by atoms with van der Waals surface area (Å²) in [6.45, 7) is 0.974. The zero-order valence-corrected chi connectivity index (χ0v) is 12.7. The molecule has 2 atom stereocenters. The molecule has 2 unspecified atom stereocenters. The molecule has 0 aliphatic heterocycles. The first-order chi connectivity index (χ1) is 10.6. The molecular formula is C16H17F3O4. The molecule has 0 aromatic heterocycles. The van der Waals surface area contributed by atoms with Gasteiger partial charge in [-0.05, 0) is 31.7 Å². The Hall–Kier alpha value is -1.89. The van der Waals surface area contributed by atoms with Gasteiger partial charge in [0.05, 0.1) is 12.5 Å². The number of carbonyl (C=O) groups is 2. The van der Waals surface area contributed by atoms with Crippen LogP contribution in [0.1, 0.15) is 35.7 Å². The van der Waals surface area contributed by atoms with Crippen LogP contribution in [0.3, 0.4) is 0 Å². The topological polar surface area (TPSA) is 63.6 Å². The Kier molecular flexibility index (Phi) is 4.28. The summed E-state index contributed by atoms with van der Waals surface area (Å²) in [4.78, 5) is 24.6. The first-order valence-electron chi connectivity index (χ1n) is 7.10. The van der Waals surface area contributed by atoms with Gasteiger partial charge >= 0.3 is 12.1 Å². The Labute approximate surface area is 131 Å². The molecule has 4 nitrogen and oxygen atoms in total. The summed E-state index contributed by atoms with van der Waals surface area (Å²) in [5, 5.41) is 10.3. The molecule has 0 heterocycles. The first-order valence-corrected chi connectivity index (χ1v) is 7.10. The van der Waals surface area contributed by atoms with Crippen LogP contribution in [0, 0.1) is 5.41 Å². The highest BCUT2D eigenvalue weighted by molar-refractivity contribution is 6.06. The monoisotopic (exact) mass is 330 g/mol. The number of ketones is 1. The minimum absolute atomic E-state index is 0.0964. The van der Waals surface area contributed by atoms with Crippen LogP contribution in [0.2, 0.25) is 0 Å². The third kappa shape index (κ3) is 2.43. The van der Waals surface area contributed by atoms with Crippen molar-refractivity contribution in [1.29, 1.82) is 0 Å². The third-order valence-electron chi connectivity index (χ3n) is 4.58. The molecule has 0 amide bonds. The molecule has 23 heavy (non-hydrogen) atoms. The number of fused-ring (bicyclic) bond motifs is 1. The van der Waals surface area contributed by atoms with E-state index < -0.39 is 28.9 Å². The second-order valence-corrected chi connectivity index (χ2v) is 5.87. The number of hydrogen-bond acceptors (Lipinski definition) is 4. The number of aryl methyl sites for hydroxylation is 1. The van der Waals surface area contributed by atoms with Crippen LogP contribution in [0.5, 0.6) is 0 Å². The summed E-state index contributed by atoms with van der Waals surface area (Å²) < 4.78 is 44.8. The van der Waals surface area contributed by atoms with E-state index >= 15 is 0 Å². The Morgan fingerprint density at radius 2 is 1.91 bits per heavy atom. The minimum atomic E-state index is -5.34. The molecule has 0 saturated heterocycles. The average molecular weight is 330 g/mol. The summed E-state index contributed by atoms with van der Waals surface area (Å²) in [7, 11) is 0.748. The van der Waals surface area contributed by atoms with Crippen molar-refractivity contribution in [2.45, 2.75) is 38.0 Å². The molecule has 2 rings (SSSR count). The van der Waals surface area contributed by atoms with Crippen LogP contribution in [-0.2, 0) is 16.0 Å². The van der Waals surface area contributed by atoms with E-state index in [-0.39, 0.29) is 18.4 Å². The van der Waals surface area contributed by atoms with Crippen LogP contribution in [0.4, 0.5) is 13.2 Å². The van der Waals surface area contributed by atoms with Crippen molar-refractivity contribution in [3.8, 4) is 0 Å². The molecule has 1 aromatic rings. The van der Waals surface area contributed by atoms with Crippen molar-refractivity contribution in [3.05, 3.63) is 35.4 Å². The number of rotatable bonds is 2. The summed E-state index contributed by atoms with van der Waals surface area (Å²) >= 11 is 0. The normalized spacial score (nSPS) is 24.3. The van der Waals surface area contributed by atoms with E-state index in [1.165, 1.54) is 12.1 Å². The number of methoxy groups -OCH3 is 1. The van der Waals surface area contributed by atoms with Crippen molar-refractivity contribution in [3.63, 3.8) is 0 Å². The number of Topliss-reactive ketones (excluding diaryl/α,β-unsaturated/α-hetero) is 1. The van der Waals surface area contributed by atoms with Gasteiger partial charge in [-0.15, -0.1) is 0 Å². The quantitative estimate of drug-likeness (QED) is 0.669. The lowest BCUT2D eigenvalue weighted by atomic mass is 9.66. The number of hydrogen-bond donors (Lipinski definition) is 1. The zero-order chi connectivity index (χ0) is 17.5. The fraction of sp³-hybridized carbons (Fsp3) is 0.500. The van der Waals surface area contributed by atoms with Gasteiger partial charge in [0, 0.05) is 5.56 Å². The molecule has 126 valence electrons. The van der Waals surface area contributed by atoms with E-state index in [2.05, 4.69) is 4.74 Å². The smallest absolute Gasteiger partial charge is 0.429 e. The highest BCUT2D eigenvalue weighted by atomic mass is 19.4. The van der Waals surface area contributed by atoms with E-state index in [9.17, 15) is 27.9 Å². The van der Waals surface area contributed by atoms with Crippen molar-refractivity contribution in [2.75, 3.05) is 7.11 Å². The predicted molar refractivity (Wildman–Crippen MR) is 74.8 cm³/mol. The average Bonchev–Trinajstić information content (AvgIpc) is 2.63. The predicted octanol–water partition coefficient (Wildman–Crippen LogP) is 2.68. The molecule has 0 radical (unpaired) electrons. The number of ether oxygens (including phenoxy) is 1. The second kappa shape index (κ2) is 5.63. The molecule has 0 spiro atoms. The van der Waals surface area contributed by atoms with Gasteiger partial charge in [-0.3, -0.25) is 4.79 Å². The molecular weight excluding hydrogens is 313 g/mol. The number of esters is 1.